The van der Waals surface area contributed by atoms with Gasteiger partial charge in [0.1, 0.15) is 17.4 Å². The minimum Gasteiger partial charge on any atom is -0.406 e. The molecule has 2 aromatic rings. The van der Waals surface area contributed by atoms with Crippen LogP contribution in [-0.4, -0.2) is 16.3 Å². The van der Waals surface area contributed by atoms with E-state index in [2.05, 4.69) is 20.0 Å². The van der Waals surface area contributed by atoms with Crippen molar-refractivity contribution in [2.24, 2.45) is 0 Å². The maximum absolute atomic E-state index is 12.0. The number of aromatic nitrogens is 2. The van der Waals surface area contributed by atoms with Gasteiger partial charge in [-0.1, -0.05) is 0 Å². The Morgan fingerprint density at radius 3 is 2.25 bits per heavy atom. The van der Waals surface area contributed by atoms with Gasteiger partial charge in [-0.2, -0.15) is 9.97 Å². The van der Waals surface area contributed by atoms with E-state index >= 15 is 0 Å². The quantitative estimate of drug-likeness (QED) is 0.800. The van der Waals surface area contributed by atoms with Crippen LogP contribution < -0.4 is 21.5 Å². The number of benzene rings is 1. The highest BCUT2D eigenvalue weighted by atomic mass is 19.4. The largest absolute Gasteiger partial charge is 0.573 e. The lowest BCUT2D eigenvalue weighted by Crippen LogP contribution is -2.17. The van der Waals surface area contributed by atoms with Crippen molar-refractivity contribution in [1.29, 1.82) is 0 Å². The molecule has 6 nitrogen and oxygen atoms in total. The van der Waals surface area contributed by atoms with Crippen LogP contribution in [0.25, 0.3) is 0 Å². The lowest BCUT2D eigenvalue weighted by molar-refractivity contribution is -0.274. The van der Waals surface area contributed by atoms with Crippen molar-refractivity contribution in [2.45, 2.75) is 6.36 Å². The minimum atomic E-state index is -4.72. The number of nitrogens with one attached hydrogen (secondary N) is 1. The minimum absolute atomic E-state index is 0.00970. The van der Waals surface area contributed by atoms with Gasteiger partial charge in [-0.15, -0.1) is 13.2 Å². The van der Waals surface area contributed by atoms with Gasteiger partial charge < -0.3 is 21.5 Å². The lowest BCUT2D eigenvalue weighted by atomic mass is 10.3. The molecule has 0 bridgehead atoms. The Bertz CT molecular complexity index is 580. The number of ether oxygens (including phenoxy) is 1. The van der Waals surface area contributed by atoms with Crippen LogP contribution in [0.2, 0.25) is 0 Å². The molecule has 0 atom stereocenters. The van der Waals surface area contributed by atoms with E-state index in [-0.39, 0.29) is 17.5 Å². The maximum Gasteiger partial charge on any atom is 0.573 e. The normalized spacial score (nSPS) is 11.2. The molecular formula is C11H10F3N5O. The smallest absolute Gasteiger partial charge is 0.406 e. The monoisotopic (exact) mass is 285 g/mol. The zero-order chi connectivity index (χ0) is 14.8. The van der Waals surface area contributed by atoms with Crippen molar-refractivity contribution < 1.29 is 17.9 Å². The van der Waals surface area contributed by atoms with E-state index in [0.29, 0.717) is 11.5 Å². The van der Waals surface area contributed by atoms with E-state index in [1.54, 1.807) is 0 Å². The Kier molecular flexibility index (Phi) is 3.51. The standard InChI is InChI=1S/C11H10F3N5O/c12-11(13,14)20-7-3-1-6(2-4-7)17-9-5-8(15)18-10(16)19-9/h1-5H,(H5,15,16,17,18,19). The first-order valence-corrected chi connectivity index (χ1v) is 5.35. The van der Waals surface area contributed by atoms with E-state index in [4.69, 9.17) is 11.5 Å². The van der Waals surface area contributed by atoms with Crippen LogP contribution in [0.4, 0.5) is 36.4 Å². The summed E-state index contributed by atoms with van der Waals surface area (Å²) in [4.78, 5) is 7.57. The number of alkyl halides is 3. The van der Waals surface area contributed by atoms with Gasteiger partial charge in [-0.3, -0.25) is 0 Å². The van der Waals surface area contributed by atoms with Gasteiger partial charge in [0, 0.05) is 11.8 Å². The molecule has 20 heavy (non-hydrogen) atoms. The molecule has 0 aliphatic rings. The highest BCUT2D eigenvalue weighted by Gasteiger charge is 2.30. The molecule has 0 aliphatic carbocycles. The average Bonchev–Trinajstić information content (AvgIpc) is 2.28. The molecule has 2 rings (SSSR count). The van der Waals surface area contributed by atoms with E-state index < -0.39 is 6.36 Å². The number of nitrogens with zero attached hydrogens (tertiary/aromatic N) is 2. The van der Waals surface area contributed by atoms with Crippen LogP contribution in [0.5, 0.6) is 5.75 Å². The van der Waals surface area contributed by atoms with Crippen molar-refractivity contribution in [1.82, 2.24) is 9.97 Å². The second-order valence-corrected chi connectivity index (χ2v) is 3.73. The highest BCUT2D eigenvalue weighted by molar-refractivity contribution is 5.60. The van der Waals surface area contributed by atoms with E-state index in [1.807, 2.05) is 0 Å². The van der Waals surface area contributed by atoms with Gasteiger partial charge in [-0.05, 0) is 24.3 Å². The predicted octanol–water partition coefficient (Wildman–Crippen LogP) is 2.28. The number of hydrogen-bond donors (Lipinski definition) is 3. The first-order chi connectivity index (χ1) is 9.32. The average molecular weight is 285 g/mol. The Hall–Kier alpha value is -2.71. The van der Waals surface area contributed by atoms with Crippen LogP contribution in [0, 0.1) is 0 Å². The Morgan fingerprint density at radius 2 is 1.70 bits per heavy atom. The third-order valence-electron chi connectivity index (χ3n) is 2.12. The molecule has 1 heterocycles. The first-order valence-electron chi connectivity index (χ1n) is 5.35. The lowest BCUT2D eigenvalue weighted by Gasteiger charge is -2.10. The summed E-state index contributed by atoms with van der Waals surface area (Å²) in [5.74, 6) is 0.186. The molecular weight excluding hydrogens is 275 g/mol. The van der Waals surface area contributed by atoms with Crippen LogP contribution in [0.15, 0.2) is 30.3 Å². The topological polar surface area (TPSA) is 99.1 Å². The van der Waals surface area contributed by atoms with Gasteiger partial charge in [0.05, 0.1) is 0 Å². The molecule has 106 valence electrons. The van der Waals surface area contributed by atoms with Crippen molar-refractivity contribution in [2.75, 3.05) is 16.8 Å². The van der Waals surface area contributed by atoms with Crippen molar-refractivity contribution in [3.8, 4) is 5.75 Å². The Balaban J connectivity index is 2.10. The maximum atomic E-state index is 12.0. The Morgan fingerprint density at radius 1 is 1.05 bits per heavy atom. The summed E-state index contributed by atoms with van der Waals surface area (Å²) in [7, 11) is 0. The molecule has 9 heteroatoms. The number of nitrogen functional groups attached to an aromatic ring is 2. The zero-order valence-electron chi connectivity index (χ0n) is 9.98. The second kappa shape index (κ2) is 5.11. The number of halogens is 3. The van der Waals surface area contributed by atoms with Gasteiger partial charge in [0.2, 0.25) is 5.95 Å². The van der Waals surface area contributed by atoms with Crippen molar-refractivity contribution in [3.05, 3.63) is 30.3 Å². The summed E-state index contributed by atoms with van der Waals surface area (Å²) >= 11 is 0. The van der Waals surface area contributed by atoms with Crippen molar-refractivity contribution in [3.63, 3.8) is 0 Å². The molecule has 0 amide bonds. The molecule has 0 unspecified atom stereocenters. The van der Waals surface area contributed by atoms with Gasteiger partial charge in [-0.25, -0.2) is 0 Å². The van der Waals surface area contributed by atoms with Gasteiger partial charge in [0.25, 0.3) is 0 Å². The molecule has 0 spiro atoms. The molecule has 5 N–H and O–H groups in total. The van der Waals surface area contributed by atoms with E-state index in [9.17, 15) is 13.2 Å². The number of rotatable bonds is 3. The molecule has 0 fully saturated rings. The third-order valence-corrected chi connectivity index (χ3v) is 2.12. The van der Waals surface area contributed by atoms with E-state index in [1.165, 1.54) is 30.3 Å². The zero-order valence-corrected chi connectivity index (χ0v) is 9.98. The summed E-state index contributed by atoms with van der Waals surface area (Å²) in [6, 6.07) is 6.58. The Labute approximate surface area is 111 Å². The third kappa shape index (κ3) is 3.90. The summed E-state index contributed by atoms with van der Waals surface area (Å²) in [5.41, 5.74) is 11.4. The summed E-state index contributed by atoms with van der Waals surface area (Å²) in [6.07, 6.45) is -4.72. The SMILES string of the molecule is Nc1cc(Nc2ccc(OC(F)(F)F)cc2)nc(N)n1. The van der Waals surface area contributed by atoms with Crippen LogP contribution in [0.3, 0.4) is 0 Å². The fourth-order valence-electron chi connectivity index (χ4n) is 1.44. The van der Waals surface area contributed by atoms with E-state index in [0.717, 1.165) is 0 Å². The molecule has 0 aliphatic heterocycles. The highest BCUT2D eigenvalue weighted by Crippen LogP contribution is 2.25. The molecule has 0 saturated heterocycles. The number of nitrogens with two attached hydrogens (primary N) is 2. The first kappa shape index (κ1) is 13.7. The fourth-order valence-corrected chi connectivity index (χ4v) is 1.44. The number of hydrogen-bond acceptors (Lipinski definition) is 6. The summed E-state index contributed by atoms with van der Waals surface area (Å²) < 4.78 is 39.7. The molecule has 1 aromatic heterocycles. The number of anilines is 4. The molecule has 1 aromatic carbocycles. The summed E-state index contributed by atoms with van der Waals surface area (Å²) in [6.45, 7) is 0. The van der Waals surface area contributed by atoms with Crippen LogP contribution in [0.1, 0.15) is 0 Å². The van der Waals surface area contributed by atoms with Crippen LogP contribution >= 0.6 is 0 Å². The fraction of sp³-hybridized carbons (Fsp3) is 0.0909. The van der Waals surface area contributed by atoms with Gasteiger partial charge in [0.15, 0.2) is 0 Å². The summed E-state index contributed by atoms with van der Waals surface area (Å²) in [5, 5.41) is 2.83. The predicted molar refractivity (Wildman–Crippen MR) is 67.3 cm³/mol. The van der Waals surface area contributed by atoms with Crippen molar-refractivity contribution >= 4 is 23.3 Å². The van der Waals surface area contributed by atoms with Gasteiger partial charge >= 0.3 is 6.36 Å². The van der Waals surface area contributed by atoms with Crippen LogP contribution in [-0.2, 0) is 0 Å². The molecule has 0 saturated carbocycles. The molecule has 0 radical (unpaired) electrons. The second-order valence-electron chi connectivity index (χ2n) is 3.73.